The van der Waals surface area contributed by atoms with E-state index < -0.39 is 18.3 Å². The quantitative estimate of drug-likeness (QED) is 0.0933. The SMILES string of the molecule is CCOC(=O)CNC(=O)NCc1cccc(-c2ccc(C3OC(CSc4nnnn4-c4ccc(O)cc4)CC(c4ccc(CO)cc4)O3)cc2)c1. The van der Waals surface area contributed by atoms with Gasteiger partial charge in [0.05, 0.1) is 31.1 Å². The highest BCUT2D eigenvalue weighted by Gasteiger charge is 2.32. The van der Waals surface area contributed by atoms with E-state index in [1.165, 1.54) is 11.8 Å². The van der Waals surface area contributed by atoms with Crippen molar-refractivity contribution in [1.82, 2.24) is 30.8 Å². The van der Waals surface area contributed by atoms with Gasteiger partial charge >= 0.3 is 12.0 Å². The molecular formula is C37H38N6O7S. The van der Waals surface area contributed by atoms with Crippen LogP contribution in [0, 0.1) is 0 Å². The standard InChI is InChI=1S/C37H38N6O7S/c1-2-48-34(46)21-39-36(47)38-20-25-4-3-5-29(18-25)26-10-12-28(13-11-26)35-49-32(19-33(50-35)27-8-6-24(22-44)7-9-27)23-51-37-40-41-42-43(37)30-14-16-31(45)17-15-30/h3-18,32-33,35,44-45H,2,19-23H2,1H3,(H2,38,39,47). The maximum Gasteiger partial charge on any atom is 0.325 e. The van der Waals surface area contributed by atoms with E-state index in [1.54, 1.807) is 35.9 Å². The summed E-state index contributed by atoms with van der Waals surface area (Å²) in [5, 5.41) is 37.3. The van der Waals surface area contributed by atoms with Crippen LogP contribution in [-0.2, 0) is 32.2 Å². The minimum atomic E-state index is -0.641. The number of nitrogens with zero attached hydrogens (tertiary/aromatic N) is 4. The minimum Gasteiger partial charge on any atom is -0.508 e. The first-order valence-electron chi connectivity index (χ1n) is 16.5. The highest BCUT2D eigenvalue weighted by atomic mass is 32.2. The summed E-state index contributed by atoms with van der Waals surface area (Å²) in [5.41, 5.74) is 6.24. The lowest BCUT2D eigenvalue weighted by Gasteiger charge is -2.36. The van der Waals surface area contributed by atoms with Gasteiger partial charge in [-0.1, -0.05) is 78.5 Å². The molecule has 2 amide bonds. The first kappa shape index (κ1) is 35.5. The van der Waals surface area contributed by atoms with Crippen LogP contribution in [0.4, 0.5) is 4.79 Å². The number of nitrogens with one attached hydrogen (secondary N) is 2. The third-order valence-corrected chi connectivity index (χ3v) is 9.19. The number of esters is 1. The Kier molecular flexibility index (Phi) is 11.9. The van der Waals surface area contributed by atoms with Crippen molar-refractivity contribution in [3.63, 3.8) is 0 Å². The van der Waals surface area contributed by atoms with Gasteiger partial charge in [-0.3, -0.25) is 4.79 Å². The van der Waals surface area contributed by atoms with E-state index in [0.29, 0.717) is 17.3 Å². The van der Waals surface area contributed by atoms with Crippen molar-refractivity contribution in [3.8, 4) is 22.6 Å². The number of benzene rings is 4. The van der Waals surface area contributed by atoms with Crippen LogP contribution in [0.3, 0.4) is 0 Å². The number of hydrogen-bond acceptors (Lipinski definition) is 11. The normalized spacial score (nSPS) is 17.1. The number of ether oxygens (including phenoxy) is 3. The smallest absolute Gasteiger partial charge is 0.325 e. The first-order valence-corrected chi connectivity index (χ1v) is 17.4. The van der Waals surface area contributed by atoms with E-state index >= 15 is 0 Å². The van der Waals surface area contributed by atoms with Crippen molar-refractivity contribution >= 4 is 23.8 Å². The molecule has 4 aromatic carbocycles. The summed E-state index contributed by atoms with van der Waals surface area (Å²) in [6.45, 7) is 2.01. The van der Waals surface area contributed by atoms with Crippen LogP contribution < -0.4 is 10.6 Å². The molecule has 4 N–H and O–H groups in total. The van der Waals surface area contributed by atoms with Gasteiger partial charge in [0.2, 0.25) is 5.16 Å². The molecule has 1 aliphatic rings. The Morgan fingerprint density at radius 2 is 1.69 bits per heavy atom. The molecule has 51 heavy (non-hydrogen) atoms. The Hall–Kier alpha value is -5.28. The maximum absolute atomic E-state index is 12.1. The van der Waals surface area contributed by atoms with Crippen LogP contribution in [0.2, 0.25) is 0 Å². The molecular weight excluding hydrogens is 673 g/mol. The van der Waals surface area contributed by atoms with Crippen molar-refractivity contribution in [3.05, 3.63) is 119 Å². The summed E-state index contributed by atoms with van der Waals surface area (Å²) in [7, 11) is 0. The van der Waals surface area contributed by atoms with Gasteiger partial charge in [0, 0.05) is 24.3 Å². The van der Waals surface area contributed by atoms with Crippen LogP contribution in [0.25, 0.3) is 16.8 Å². The van der Waals surface area contributed by atoms with Crippen molar-refractivity contribution in [2.45, 2.75) is 50.2 Å². The molecule has 3 atom stereocenters. The molecule has 1 aromatic heterocycles. The molecule has 2 heterocycles. The van der Waals surface area contributed by atoms with E-state index in [4.69, 9.17) is 14.2 Å². The molecule has 14 heteroatoms. The van der Waals surface area contributed by atoms with E-state index in [-0.39, 0.29) is 44.3 Å². The van der Waals surface area contributed by atoms with Gasteiger partial charge in [-0.05, 0) is 75.5 Å². The fourth-order valence-corrected chi connectivity index (χ4v) is 6.43. The number of carbonyl (C=O) groups excluding carboxylic acids is 2. The number of phenols is 1. The van der Waals surface area contributed by atoms with Gasteiger partial charge in [0.15, 0.2) is 6.29 Å². The van der Waals surface area contributed by atoms with E-state index in [2.05, 4.69) is 26.2 Å². The van der Waals surface area contributed by atoms with Gasteiger partial charge in [0.25, 0.3) is 0 Å². The molecule has 1 aliphatic heterocycles. The van der Waals surface area contributed by atoms with E-state index in [9.17, 15) is 19.8 Å². The van der Waals surface area contributed by atoms with Gasteiger partial charge < -0.3 is 35.1 Å². The van der Waals surface area contributed by atoms with Crippen molar-refractivity contribution in [1.29, 1.82) is 0 Å². The fourth-order valence-electron chi connectivity index (χ4n) is 5.52. The summed E-state index contributed by atoms with van der Waals surface area (Å²) in [4.78, 5) is 23.6. The number of amides is 2. The fraction of sp³-hybridized carbons (Fsp3) is 0.270. The zero-order chi connectivity index (χ0) is 35.6. The summed E-state index contributed by atoms with van der Waals surface area (Å²) in [6.07, 6.45) is -0.506. The van der Waals surface area contributed by atoms with Crippen LogP contribution in [0.1, 0.15) is 48.0 Å². The second kappa shape index (κ2) is 17.1. The van der Waals surface area contributed by atoms with E-state index in [1.807, 2.05) is 72.8 Å². The molecule has 0 radical (unpaired) electrons. The number of thioether (sulfide) groups is 1. The van der Waals surface area contributed by atoms with E-state index in [0.717, 1.165) is 39.1 Å². The molecule has 1 fully saturated rings. The lowest BCUT2D eigenvalue weighted by Crippen LogP contribution is -2.38. The number of aliphatic hydroxyl groups is 1. The number of aromatic nitrogens is 4. The number of rotatable bonds is 13. The largest absolute Gasteiger partial charge is 0.508 e. The number of aromatic hydroxyl groups is 1. The summed E-state index contributed by atoms with van der Waals surface area (Å²) in [6, 6.07) is 29.8. The zero-order valence-electron chi connectivity index (χ0n) is 27.8. The second-order valence-electron chi connectivity index (χ2n) is 11.7. The molecule has 5 aromatic rings. The third kappa shape index (κ3) is 9.49. The Morgan fingerprint density at radius 3 is 2.43 bits per heavy atom. The zero-order valence-corrected chi connectivity index (χ0v) is 28.7. The Bertz CT molecular complexity index is 1900. The average Bonchev–Trinajstić information content (AvgIpc) is 3.64. The van der Waals surface area contributed by atoms with Crippen LogP contribution in [-0.4, -0.2) is 67.4 Å². The highest BCUT2D eigenvalue weighted by molar-refractivity contribution is 7.99. The minimum absolute atomic E-state index is 0.0369. The van der Waals surface area contributed by atoms with Gasteiger partial charge in [-0.2, -0.15) is 4.68 Å². The summed E-state index contributed by atoms with van der Waals surface area (Å²) >= 11 is 1.47. The number of phenolic OH excluding ortho intramolecular Hbond substituents is 1. The third-order valence-electron chi connectivity index (χ3n) is 8.14. The molecule has 0 saturated carbocycles. The van der Waals surface area contributed by atoms with Crippen LogP contribution in [0.5, 0.6) is 5.75 Å². The lowest BCUT2D eigenvalue weighted by atomic mass is 9.99. The molecule has 3 unspecified atom stereocenters. The van der Waals surface area contributed by atoms with Crippen molar-refractivity contribution in [2.75, 3.05) is 18.9 Å². The van der Waals surface area contributed by atoms with Gasteiger partial charge in [-0.15, -0.1) is 5.10 Å². The lowest BCUT2D eigenvalue weighted by molar-refractivity contribution is -0.245. The Morgan fingerprint density at radius 1 is 0.922 bits per heavy atom. The first-order chi connectivity index (χ1) is 24.9. The number of urea groups is 1. The van der Waals surface area contributed by atoms with Crippen LogP contribution >= 0.6 is 11.8 Å². The van der Waals surface area contributed by atoms with Gasteiger partial charge in [-0.25, -0.2) is 4.79 Å². The molecule has 13 nitrogen and oxygen atoms in total. The summed E-state index contributed by atoms with van der Waals surface area (Å²) in [5.74, 6) is 0.225. The molecule has 0 aliphatic carbocycles. The Labute approximate surface area is 298 Å². The van der Waals surface area contributed by atoms with Crippen LogP contribution in [0.15, 0.2) is 102 Å². The topological polar surface area (TPSA) is 170 Å². The second-order valence-corrected chi connectivity index (χ2v) is 12.7. The average molecular weight is 711 g/mol. The predicted molar refractivity (Wildman–Crippen MR) is 189 cm³/mol. The van der Waals surface area contributed by atoms with Crippen molar-refractivity contribution < 1.29 is 34.0 Å². The number of tetrazole rings is 1. The monoisotopic (exact) mass is 710 g/mol. The van der Waals surface area contributed by atoms with Gasteiger partial charge in [0.1, 0.15) is 12.3 Å². The number of hydrogen-bond donors (Lipinski definition) is 4. The highest BCUT2D eigenvalue weighted by Crippen LogP contribution is 2.40. The summed E-state index contributed by atoms with van der Waals surface area (Å²) < 4.78 is 19.5. The molecule has 6 rings (SSSR count). The molecule has 1 saturated heterocycles. The maximum atomic E-state index is 12.1. The predicted octanol–water partition coefficient (Wildman–Crippen LogP) is 5.23. The molecule has 0 bridgehead atoms. The Balaban J connectivity index is 1.14. The van der Waals surface area contributed by atoms with Crippen molar-refractivity contribution in [2.24, 2.45) is 0 Å². The number of carbonyl (C=O) groups is 2. The molecule has 0 spiro atoms. The molecule has 264 valence electrons. The number of aliphatic hydroxyl groups excluding tert-OH is 1.